The molecule has 1 saturated carbocycles. The zero-order chi connectivity index (χ0) is 26.0. The van der Waals surface area contributed by atoms with Crippen molar-refractivity contribution in [2.24, 2.45) is 0 Å². The van der Waals surface area contributed by atoms with Crippen LogP contribution in [0, 0.1) is 6.92 Å². The lowest BCUT2D eigenvalue weighted by molar-refractivity contribution is -0.141. The van der Waals surface area contributed by atoms with Crippen molar-refractivity contribution in [2.75, 3.05) is 0 Å². The lowest BCUT2D eigenvalue weighted by Crippen LogP contribution is -2.53. The van der Waals surface area contributed by atoms with E-state index in [0.717, 1.165) is 47.9 Å². The Morgan fingerprint density at radius 3 is 2.24 bits per heavy atom. The first-order valence-electron chi connectivity index (χ1n) is 13.4. The average molecular weight is 517 g/mol. The molecule has 0 unspecified atom stereocenters. The highest BCUT2D eigenvalue weighted by atomic mass is 35.5. The number of carbonyl (C=O) groups excluding carboxylic acids is 2. The van der Waals surface area contributed by atoms with Gasteiger partial charge in [-0.05, 0) is 54.5 Å². The van der Waals surface area contributed by atoms with Gasteiger partial charge >= 0.3 is 0 Å². The largest absolute Gasteiger partial charge is 0.352 e. The highest BCUT2D eigenvalue weighted by Gasteiger charge is 2.32. The third kappa shape index (κ3) is 7.69. The van der Waals surface area contributed by atoms with Crippen LogP contribution in [0.15, 0.2) is 78.9 Å². The SMILES string of the molecule is Cc1ccccc1CN(C(=O)CCc1ccccc1Cl)[C@H](Cc1ccccc1)C(=O)NC1CCCCC1. The fourth-order valence-electron chi connectivity index (χ4n) is 5.16. The van der Waals surface area contributed by atoms with Crippen LogP contribution in [-0.4, -0.2) is 28.8 Å². The lowest BCUT2D eigenvalue weighted by atomic mass is 9.94. The van der Waals surface area contributed by atoms with Crippen LogP contribution in [0.4, 0.5) is 0 Å². The summed E-state index contributed by atoms with van der Waals surface area (Å²) in [7, 11) is 0. The van der Waals surface area contributed by atoms with E-state index >= 15 is 0 Å². The molecule has 4 nitrogen and oxygen atoms in total. The van der Waals surface area contributed by atoms with E-state index in [0.29, 0.717) is 24.4 Å². The first-order valence-corrected chi connectivity index (χ1v) is 13.8. The molecule has 3 aromatic rings. The summed E-state index contributed by atoms with van der Waals surface area (Å²) in [4.78, 5) is 29.5. The first-order chi connectivity index (χ1) is 18.0. The van der Waals surface area contributed by atoms with Crippen molar-refractivity contribution in [2.45, 2.75) is 76.9 Å². The van der Waals surface area contributed by atoms with Crippen LogP contribution >= 0.6 is 11.6 Å². The third-order valence-electron chi connectivity index (χ3n) is 7.39. The summed E-state index contributed by atoms with van der Waals surface area (Å²) in [6, 6.07) is 25.3. The van der Waals surface area contributed by atoms with E-state index in [9.17, 15) is 9.59 Å². The predicted molar refractivity (Wildman–Crippen MR) is 150 cm³/mol. The van der Waals surface area contributed by atoms with E-state index in [1.165, 1.54) is 6.42 Å². The standard InChI is InChI=1S/C32H37ClN2O2/c1-24-12-8-9-16-27(24)23-35(31(36)21-20-26-15-10-11-19-29(26)33)30(22-25-13-4-2-5-14-25)32(37)34-28-17-6-3-7-18-28/h2,4-5,8-16,19,28,30H,3,6-7,17-18,20-23H2,1H3,(H,34,37)/t30-/m1/s1. The summed E-state index contributed by atoms with van der Waals surface area (Å²) >= 11 is 6.38. The summed E-state index contributed by atoms with van der Waals surface area (Å²) < 4.78 is 0. The highest BCUT2D eigenvalue weighted by molar-refractivity contribution is 6.31. The van der Waals surface area contributed by atoms with Gasteiger partial charge in [0.25, 0.3) is 0 Å². The second-order valence-electron chi connectivity index (χ2n) is 10.1. The molecule has 0 spiro atoms. The fraction of sp³-hybridized carbons (Fsp3) is 0.375. The molecule has 5 heteroatoms. The van der Waals surface area contributed by atoms with E-state index in [4.69, 9.17) is 11.6 Å². The van der Waals surface area contributed by atoms with Gasteiger partial charge in [0.05, 0.1) is 0 Å². The Bertz CT molecular complexity index is 1170. The topological polar surface area (TPSA) is 49.4 Å². The van der Waals surface area contributed by atoms with Crippen LogP contribution in [0.25, 0.3) is 0 Å². The lowest BCUT2D eigenvalue weighted by Gasteiger charge is -2.34. The second-order valence-corrected chi connectivity index (χ2v) is 10.5. The Morgan fingerprint density at radius 1 is 0.892 bits per heavy atom. The monoisotopic (exact) mass is 516 g/mol. The molecule has 1 atom stereocenters. The molecular formula is C32H37ClN2O2. The smallest absolute Gasteiger partial charge is 0.243 e. The number of amides is 2. The van der Waals surface area contributed by atoms with Crippen molar-refractivity contribution >= 4 is 23.4 Å². The molecule has 0 heterocycles. The first kappa shape index (κ1) is 26.9. The van der Waals surface area contributed by atoms with E-state index in [1.807, 2.05) is 72.8 Å². The Balaban J connectivity index is 1.62. The molecule has 0 aromatic heterocycles. The molecule has 37 heavy (non-hydrogen) atoms. The number of benzene rings is 3. The van der Waals surface area contributed by atoms with Gasteiger partial charge in [0.1, 0.15) is 6.04 Å². The Kier molecular flexibility index (Phi) is 9.78. The average Bonchev–Trinajstić information content (AvgIpc) is 2.92. The number of aryl methyl sites for hydroxylation is 2. The molecule has 0 saturated heterocycles. The van der Waals surface area contributed by atoms with Crippen LogP contribution in [-0.2, 0) is 29.0 Å². The summed E-state index contributed by atoms with van der Waals surface area (Å²) in [6.07, 6.45) is 6.80. The fourth-order valence-corrected chi connectivity index (χ4v) is 5.39. The van der Waals surface area contributed by atoms with Gasteiger partial charge in [-0.15, -0.1) is 0 Å². The van der Waals surface area contributed by atoms with E-state index in [2.05, 4.69) is 18.3 Å². The number of carbonyl (C=O) groups is 2. The quantitative estimate of drug-likeness (QED) is 0.327. The van der Waals surface area contributed by atoms with Crippen LogP contribution in [0.3, 0.4) is 0 Å². The zero-order valence-electron chi connectivity index (χ0n) is 21.7. The van der Waals surface area contributed by atoms with Crippen LogP contribution in [0.2, 0.25) is 5.02 Å². The van der Waals surface area contributed by atoms with Crippen molar-refractivity contribution < 1.29 is 9.59 Å². The van der Waals surface area contributed by atoms with Crippen LogP contribution in [0.1, 0.15) is 60.8 Å². The summed E-state index contributed by atoms with van der Waals surface area (Å²) in [5, 5.41) is 3.97. The van der Waals surface area contributed by atoms with Gasteiger partial charge in [0.2, 0.25) is 11.8 Å². The van der Waals surface area contributed by atoms with Crippen molar-refractivity contribution in [3.05, 3.63) is 106 Å². The maximum absolute atomic E-state index is 13.9. The van der Waals surface area contributed by atoms with Gasteiger partial charge in [-0.25, -0.2) is 0 Å². The normalized spacial score (nSPS) is 14.6. The van der Waals surface area contributed by atoms with Crippen molar-refractivity contribution in [1.82, 2.24) is 10.2 Å². The molecule has 1 aliphatic carbocycles. The molecule has 0 radical (unpaired) electrons. The number of rotatable bonds is 10. The van der Waals surface area contributed by atoms with E-state index < -0.39 is 6.04 Å². The molecule has 3 aromatic carbocycles. The van der Waals surface area contributed by atoms with Gasteiger partial charge < -0.3 is 10.2 Å². The van der Waals surface area contributed by atoms with E-state index in [-0.39, 0.29) is 24.3 Å². The van der Waals surface area contributed by atoms with Gasteiger partial charge in [-0.2, -0.15) is 0 Å². The van der Waals surface area contributed by atoms with Gasteiger partial charge in [-0.3, -0.25) is 9.59 Å². The molecule has 0 aliphatic heterocycles. The Labute approximate surface area is 226 Å². The van der Waals surface area contributed by atoms with Gasteiger partial charge in [-0.1, -0.05) is 104 Å². The minimum atomic E-state index is -0.595. The summed E-state index contributed by atoms with van der Waals surface area (Å²) in [5.41, 5.74) is 4.15. The molecule has 4 rings (SSSR count). The van der Waals surface area contributed by atoms with Crippen molar-refractivity contribution in [3.8, 4) is 0 Å². The molecular weight excluding hydrogens is 480 g/mol. The Morgan fingerprint density at radius 2 is 1.54 bits per heavy atom. The third-order valence-corrected chi connectivity index (χ3v) is 7.76. The van der Waals surface area contributed by atoms with Crippen molar-refractivity contribution in [1.29, 1.82) is 0 Å². The van der Waals surface area contributed by atoms with Crippen molar-refractivity contribution in [3.63, 3.8) is 0 Å². The summed E-state index contributed by atoms with van der Waals surface area (Å²) in [6.45, 7) is 2.44. The number of hydrogen-bond acceptors (Lipinski definition) is 2. The van der Waals surface area contributed by atoms with Crippen LogP contribution in [0.5, 0.6) is 0 Å². The number of hydrogen-bond donors (Lipinski definition) is 1. The molecule has 1 N–H and O–H groups in total. The molecule has 1 aliphatic rings. The number of halogens is 1. The minimum Gasteiger partial charge on any atom is -0.352 e. The second kappa shape index (κ2) is 13.4. The maximum atomic E-state index is 13.9. The zero-order valence-corrected chi connectivity index (χ0v) is 22.4. The molecule has 2 amide bonds. The molecule has 0 bridgehead atoms. The highest BCUT2D eigenvalue weighted by Crippen LogP contribution is 2.22. The molecule has 194 valence electrons. The predicted octanol–water partition coefficient (Wildman–Crippen LogP) is 6.67. The minimum absolute atomic E-state index is 0.0390. The number of nitrogens with zero attached hydrogens (tertiary/aromatic N) is 1. The maximum Gasteiger partial charge on any atom is 0.243 e. The van der Waals surface area contributed by atoms with Gasteiger partial charge in [0, 0.05) is 30.5 Å². The summed E-state index contributed by atoms with van der Waals surface area (Å²) in [5.74, 6) is -0.0988. The molecule has 1 fully saturated rings. The van der Waals surface area contributed by atoms with Crippen LogP contribution < -0.4 is 5.32 Å². The Hall–Kier alpha value is -3.11. The number of nitrogens with one attached hydrogen (secondary N) is 1. The van der Waals surface area contributed by atoms with Gasteiger partial charge in [0.15, 0.2) is 0 Å². The van der Waals surface area contributed by atoms with E-state index in [1.54, 1.807) is 4.90 Å².